The van der Waals surface area contributed by atoms with E-state index in [1.807, 2.05) is 4.90 Å². The number of hydrogen-bond acceptors (Lipinski definition) is 3. The molecule has 0 radical (unpaired) electrons. The van der Waals surface area contributed by atoms with Crippen molar-refractivity contribution in [3.8, 4) is 5.75 Å². The Bertz CT molecular complexity index is 681. The van der Waals surface area contributed by atoms with E-state index in [1.165, 1.54) is 37.1 Å². The van der Waals surface area contributed by atoms with Crippen molar-refractivity contribution in [3.63, 3.8) is 0 Å². The summed E-state index contributed by atoms with van der Waals surface area (Å²) in [7, 11) is 1.75. The Balaban J connectivity index is 1.56. The Morgan fingerprint density at radius 1 is 1.10 bits per heavy atom. The number of rotatable bonds is 8. The third-order valence-electron chi connectivity index (χ3n) is 7.05. The molecule has 1 aliphatic carbocycles. The predicted octanol–water partition coefficient (Wildman–Crippen LogP) is 4.44. The Morgan fingerprint density at radius 2 is 1.83 bits per heavy atom. The topological polar surface area (TPSA) is 36.0 Å². The third kappa shape index (κ3) is 5.48. The molecule has 1 saturated heterocycles. The number of urea groups is 1. The lowest BCUT2D eigenvalue weighted by atomic mass is 9.86. The van der Waals surface area contributed by atoms with Crippen LogP contribution in [0.4, 0.5) is 4.79 Å². The monoisotopic (exact) mass is 415 g/mol. The van der Waals surface area contributed by atoms with Gasteiger partial charge in [0.15, 0.2) is 0 Å². The van der Waals surface area contributed by atoms with E-state index in [0.29, 0.717) is 12.0 Å². The lowest BCUT2D eigenvalue weighted by Crippen LogP contribution is -2.49. The number of hydrogen-bond donors (Lipinski definition) is 0. The van der Waals surface area contributed by atoms with Gasteiger partial charge >= 0.3 is 6.03 Å². The second-order valence-corrected chi connectivity index (χ2v) is 8.91. The number of piperidine rings is 1. The van der Waals surface area contributed by atoms with Crippen LogP contribution in [-0.2, 0) is 12.8 Å². The molecule has 0 N–H and O–H groups in total. The molecule has 5 heteroatoms. The fourth-order valence-electron chi connectivity index (χ4n) is 5.19. The number of carbonyl (C=O) groups is 1. The van der Waals surface area contributed by atoms with Gasteiger partial charge in [-0.3, -0.25) is 4.90 Å². The zero-order chi connectivity index (χ0) is 21.5. The van der Waals surface area contributed by atoms with Crippen LogP contribution in [0.25, 0.3) is 0 Å². The molecular weight excluding hydrogens is 374 g/mol. The van der Waals surface area contributed by atoms with Crippen LogP contribution in [0.2, 0.25) is 0 Å². The molecule has 1 aromatic carbocycles. The molecule has 30 heavy (non-hydrogen) atoms. The fraction of sp³-hybridized carbons (Fsp3) is 0.720. The second kappa shape index (κ2) is 11.0. The van der Waals surface area contributed by atoms with E-state index in [4.69, 9.17) is 4.74 Å². The van der Waals surface area contributed by atoms with Gasteiger partial charge in [-0.05, 0) is 88.1 Å². The van der Waals surface area contributed by atoms with Gasteiger partial charge in [-0.1, -0.05) is 13.0 Å². The van der Waals surface area contributed by atoms with Crippen LogP contribution in [0, 0.1) is 5.92 Å². The summed E-state index contributed by atoms with van der Waals surface area (Å²) in [6.07, 6.45) is 7.00. The summed E-state index contributed by atoms with van der Waals surface area (Å²) >= 11 is 0. The zero-order valence-electron chi connectivity index (χ0n) is 19.5. The van der Waals surface area contributed by atoms with Crippen molar-refractivity contribution in [2.45, 2.75) is 65.3 Å². The second-order valence-electron chi connectivity index (χ2n) is 8.91. The molecule has 1 aromatic rings. The fourth-order valence-corrected chi connectivity index (χ4v) is 5.19. The molecule has 1 heterocycles. The van der Waals surface area contributed by atoms with E-state index < -0.39 is 0 Å². The van der Waals surface area contributed by atoms with E-state index >= 15 is 0 Å². The van der Waals surface area contributed by atoms with Gasteiger partial charge in [-0.2, -0.15) is 0 Å². The molecule has 3 rings (SSSR count). The first-order chi connectivity index (χ1) is 14.6. The standard InChI is InChI=1S/C25H41N3O2/c1-5-14-28(23-10-8-22-18-24(30-4)11-9-21(22)17-23)19-20-12-15-27(16-13-20)25(29)26(6-2)7-3/h9,11,18,20,23H,5-8,10,12-17,19H2,1-4H3. The van der Waals surface area contributed by atoms with E-state index in [0.717, 1.165) is 57.6 Å². The molecule has 2 aliphatic rings. The molecule has 0 aromatic heterocycles. The molecule has 1 fully saturated rings. The van der Waals surface area contributed by atoms with Crippen LogP contribution in [0.15, 0.2) is 18.2 Å². The minimum absolute atomic E-state index is 0.225. The minimum atomic E-state index is 0.225. The van der Waals surface area contributed by atoms with Gasteiger partial charge < -0.3 is 14.5 Å². The van der Waals surface area contributed by atoms with Crippen LogP contribution < -0.4 is 4.74 Å². The van der Waals surface area contributed by atoms with Gasteiger partial charge in [0, 0.05) is 38.8 Å². The smallest absolute Gasteiger partial charge is 0.319 e. The summed E-state index contributed by atoms with van der Waals surface area (Å²) in [5, 5.41) is 0. The summed E-state index contributed by atoms with van der Waals surface area (Å²) in [6, 6.07) is 7.46. The Kier molecular flexibility index (Phi) is 8.43. The Labute approximate surface area is 183 Å². The van der Waals surface area contributed by atoms with Crippen LogP contribution >= 0.6 is 0 Å². The van der Waals surface area contributed by atoms with Crippen molar-refractivity contribution in [1.82, 2.24) is 14.7 Å². The summed E-state index contributed by atoms with van der Waals surface area (Å²) in [5.41, 5.74) is 2.96. The molecule has 0 saturated carbocycles. The molecule has 168 valence electrons. The van der Waals surface area contributed by atoms with Gasteiger partial charge in [0.05, 0.1) is 7.11 Å². The van der Waals surface area contributed by atoms with Crippen molar-refractivity contribution < 1.29 is 9.53 Å². The largest absolute Gasteiger partial charge is 0.497 e. The van der Waals surface area contributed by atoms with Crippen molar-refractivity contribution in [2.75, 3.05) is 46.4 Å². The number of carbonyl (C=O) groups excluding carboxylic acids is 1. The predicted molar refractivity (Wildman–Crippen MR) is 123 cm³/mol. The number of nitrogens with zero attached hydrogens (tertiary/aromatic N) is 3. The van der Waals surface area contributed by atoms with E-state index in [-0.39, 0.29) is 6.03 Å². The van der Waals surface area contributed by atoms with Crippen LogP contribution in [0.3, 0.4) is 0 Å². The van der Waals surface area contributed by atoms with Crippen LogP contribution in [0.1, 0.15) is 57.6 Å². The Morgan fingerprint density at radius 3 is 2.47 bits per heavy atom. The first kappa shape index (κ1) is 22.9. The number of likely N-dealkylation sites (tertiary alicyclic amines) is 1. The maximum absolute atomic E-state index is 12.6. The van der Waals surface area contributed by atoms with Gasteiger partial charge in [0.1, 0.15) is 5.75 Å². The SMILES string of the molecule is CCCN(CC1CCN(C(=O)N(CC)CC)CC1)C1CCc2cc(OC)ccc2C1. The van der Waals surface area contributed by atoms with Crippen LogP contribution in [0.5, 0.6) is 5.75 Å². The highest BCUT2D eigenvalue weighted by Crippen LogP contribution is 2.29. The maximum atomic E-state index is 12.6. The van der Waals surface area contributed by atoms with Gasteiger partial charge in [-0.15, -0.1) is 0 Å². The highest BCUT2D eigenvalue weighted by molar-refractivity contribution is 5.74. The normalized spacial score (nSPS) is 19.6. The average molecular weight is 416 g/mol. The molecule has 5 nitrogen and oxygen atoms in total. The van der Waals surface area contributed by atoms with E-state index in [2.05, 4.69) is 48.8 Å². The molecule has 0 spiro atoms. The van der Waals surface area contributed by atoms with Gasteiger partial charge in [0.25, 0.3) is 0 Å². The highest BCUT2D eigenvalue weighted by atomic mass is 16.5. The average Bonchev–Trinajstić information content (AvgIpc) is 2.79. The number of aryl methyl sites for hydroxylation is 1. The Hall–Kier alpha value is -1.75. The molecular formula is C25H41N3O2. The quantitative estimate of drug-likeness (QED) is 0.630. The van der Waals surface area contributed by atoms with Crippen molar-refractivity contribution in [1.29, 1.82) is 0 Å². The number of amides is 2. The van der Waals surface area contributed by atoms with Crippen LogP contribution in [-0.4, -0.2) is 73.2 Å². The summed E-state index contributed by atoms with van der Waals surface area (Å²) in [5.74, 6) is 1.68. The highest BCUT2D eigenvalue weighted by Gasteiger charge is 2.29. The molecule has 0 bridgehead atoms. The van der Waals surface area contributed by atoms with E-state index in [9.17, 15) is 4.79 Å². The van der Waals surface area contributed by atoms with Gasteiger partial charge in [0.2, 0.25) is 0 Å². The zero-order valence-corrected chi connectivity index (χ0v) is 19.5. The first-order valence-electron chi connectivity index (χ1n) is 12.0. The van der Waals surface area contributed by atoms with Crippen molar-refractivity contribution in [3.05, 3.63) is 29.3 Å². The van der Waals surface area contributed by atoms with Crippen molar-refractivity contribution in [2.24, 2.45) is 5.92 Å². The number of methoxy groups -OCH3 is 1. The van der Waals surface area contributed by atoms with E-state index in [1.54, 1.807) is 7.11 Å². The number of ether oxygens (including phenoxy) is 1. The van der Waals surface area contributed by atoms with Crippen molar-refractivity contribution >= 4 is 6.03 Å². The molecule has 1 atom stereocenters. The number of fused-ring (bicyclic) bond motifs is 1. The minimum Gasteiger partial charge on any atom is -0.497 e. The molecule has 1 aliphatic heterocycles. The van der Waals surface area contributed by atoms with Gasteiger partial charge in [-0.25, -0.2) is 4.79 Å². The third-order valence-corrected chi connectivity index (χ3v) is 7.05. The summed E-state index contributed by atoms with van der Waals surface area (Å²) in [6.45, 7) is 12.2. The maximum Gasteiger partial charge on any atom is 0.319 e. The lowest BCUT2D eigenvalue weighted by Gasteiger charge is -2.40. The summed E-state index contributed by atoms with van der Waals surface area (Å²) in [4.78, 5) is 19.4. The molecule has 2 amide bonds. The molecule has 1 unspecified atom stereocenters. The number of benzene rings is 1. The lowest BCUT2D eigenvalue weighted by molar-refractivity contribution is 0.105. The summed E-state index contributed by atoms with van der Waals surface area (Å²) < 4.78 is 5.41. The first-order valence-corrected chi connectivity index (χ1v) is 12.0.